The first-order valence-electron chi connectivity index (χ1n) is 8.97. The number of para-hydroxylation sites is 2. The normalized spacial score (nSPS) is 10.4. The summed E-state index contributed by atoms with van der Waals surface area (Å²) in [4.78, 5) is 19.6. The van der Waals surface area contributed by atoms with E-state index in [1.807, 2.05) is 24.3 Å². The van der Waals surface area contributed by atoms with Gasteiger partial charge in [-0.1, -0.05) is 32.0 Å². The molecule has 3 rings (SSSR count). The average molecular weight is 424 g/mol. The van der Waals surface area contributed by atoms with E-state index in [9.17, 15) is 4.79 Å². The number of rotatable bonds is 7. The molecule has 0 atom stereocenters. The number of carbonyl (C=O) groups is 1. The quantitative estimate of drug-likeness (QED) is 0.561. The van der Waals surface area contributed by atoms with Crippen LogP contribution in [-0.4, -0.2) is 40.0 Å². The van der Waals surface area contributed by atoms with E-state index in [4.69, 9.17) is 5.73 Å². The summed E-state index contributed by atoms with van der Waals surface area (Å²) in [5, 5.41) is 2.94. The summed E-state index contributed by atoms with van der Waals surface area (Å²) in [6.07, 6.45) is 0. The maximum absolute atomic E-state index is 12.6. The van der Waals surface area contributed by atoms with Crippen molar-refractivity contribution >= 4 is 53.4 Å². The summed E-state index contributed by atoms with van der Waals surface area (Å²) in [5.41, 5.74) is 8.76. The molecule has 0 fully saturated rings. The minimum absolute atomic E-state index is 0. The van der Waals surface area contributed by atoms with Crippen LogP contribution in [0.25, 0.3) is 11.0 Å². The molecule has 3 N–H and O–H groups in total. The number of benzene rings is 2. The lowest BCUT2D eigenvalue weighted by Gasteiger charge is -2.19. The zero-order valence-electron chi connectivity index (χ0n) is 16.1. The second-order valence-electron chi connectivity index (χ2n) is 6.18. The Balaban J connectivity index is 0.00000196. The predicted octanol–water partition coefficient (Wildman–Crippen LogP) is 4.06. The summed E-state index contributed by atoms with van der Waals surface area (Å²) in [6, 6.07) is 14.9. The van der Waals surface area contributed by atoms with Crippen molar-refractivity contribution in [2.24, 2.45) is 0 Å². The smallest absolute Gasteiger partial charge is 0.258 e. The van der Waals surface area contributed by atoms with Crippen LogP contribution in [-0.2, 0) is 6.54 Å². The molecule has 6 nitrogen and oxygen atoms in total. The SMILES string of the molecule is CCN(CC)CCn1c(NC(=O)c2cccc(N)c2)nc2ccccc21.Cl.Cl. The summed E-state index contributed by atoms with van der Waals surface area (Å²) < 4.78 is 2.07. The number of amides is 1. The largest absolute Gasteiger partial charge is 0.399 e. The topological polar surface area (TPSA) is 76.2 Å². The molecule has 2 aromatic carbocycles. The molecular formula is C20H27Cl2N5O. The van der Waals surface area contributed by atoms with E-state index < -0.39 is 0 Å². The molecule has 0 saturated carbocycles. The Morgan fingerprint density at radius 3 is 2.50 bits per heavy atom. The van der Waals surface area contributed by atoms with Crippen LogP contribution in [0.5, 0.6) is 0 Å². The molecule has 0 spiro atoms. The lowest BCUT2D eigenvalue weighted by atomic mass is 10.2. The number of nitrogen functional groups attached to an aromatic ring is 1. The molecule has 28 heavy (non-hydrogen) atoms. The van der Waals surface area contributed by atoms with Crippen LogP contribution in [0, 0.1) is 0 Å². The Morgan fingerprint density at radius 2 is 1.82 bits per heavy atom. The Kier molecular flexibility index (Phi) is 9.25. The van der Waals surface area contributed by atoms with Crippen molar-refractivity contribution in [2.75, 3.05) is 30.7 Å². The van der Waals surface area contributed by atoms with E-state index in [-0.39, 0.29) is 30.7 Å². The maximum Gasteiger partial charge on any atom is 0.258 e. The van der Waals surface area contributed by atoms with E-state index in [2.05, 4.69) is 33.6 Å². The maximum atomic E-state index is 12.6. The Labute approximate surface area is 177 Å². The van der Waals surface area contributed by atoms with Gasteiger partial charge in [0.1, 0.15) is 0 Å². The number of nitrogens with two attached hydrogens (primary N) is 1. The van der Waals surface area contributed by atoms with Crippen molar-refractivity contribution in [1.29, 1.82) is 0 Å². The molecule has 0 bridgehead atoms. The number of likely N-dealkylation sites (N-methyl/N-ethyl adjacent to an activating group) is 1. The number of hydrogen-bond acceptors (Lipinski definition) is 4. The molecule has 8 heteroatoms. The highest BCUT2D eigenvalue weighted by atomic mass is 35.5. The van der Waals surface area contributed by atoms with Gasteiger partial charge in [0, 0.05) is 24.3 Å². The number of carbonyl (C=O) groups excluding carboxylic acids is 1. The zero-order chi connectivity index (χ0) is 18.5. The summed E-state index contributed by atoms with van der Waals surface area (Å²) >= 11 is 0. The first kappa shape index (κ1) is 23.8. The van der Waals surface area contributed by atoms with E-state index in [1.165, 1.54) is 0 Å². The minimum atomic E-state index is -0.211. The first-order valence-corrected chi connectivity index (χ1v) is 8.97. The number of nitrogens with one attached hydrogen (secondary N) is 1. The molecule has 1 aromatic heterocycles. The van der Waals surface area contributed by atoms with Crippen molar-refractivity contribution in [3.05, 3.63) is 54.1 Å². The van der Waals surface area contributed by atoms with E-state index in [0.29, 0.717) is 17.2 Å². The van der Waals surface area contributed by atoms with E-state index >= 15 is 0 Å². The van der Waals surface area contributed by atoms with Crippen molar-refractivity contribution < 1.29 is 4.79 Å². The molecular weight excluding hydrogens is 397 g/mol. The van der Waals surface area contributed by atoms with Crippen LogP contribution >= 0.6 is 24.8 Å². The fourth-order valence-electron chi connectivity index (χ4n) is 3.03. The van der Waals surface area contributed by atoms with Gasteiger partial charge in [-0.3, -0.25) is 10.1 Å². The second kappa shape index (κ2) is 10.9. The number of aromatic nitrogens is 2. The van der Waals surface area contributed by atoms with Gasteiger partial charge in [-0.05, 0) is 43.4 Å². The van der Waals surface area contributed by atoms with Crippen LogP contribution in [0.2, 0.25) is 0 Å². The van der Waals surface area contributed by atoms with E-state index in [1.54, 1.807) is 24.3 Å². The number of nitrogens with zero attached hydrogens (tertiary/aromatic N) is 3. The van der Waals surface area contributed by atoms with Gasteiger partial charge in [-0.15, -0.1) is 24.8 Å². The van der Waals surface area contributed by atoms with Gasteiger partial charge < -0.3 is 15.2 Å². The van der Waals surface area contributed by atoms with Gasteiger partial charge >= 0.3 is 0 Å². The molecule has 0 radical (unpaired) electrons. The molecule has 0 unspecified atom stereocenters. The van der Waals surface area contributed by atoms with Crippen LogP contribution in [0.3, 0.4) is 0 Å². The Hall–Kier alpha value is -2.28. The summed E-state index contributed by atoms with van der Waals surface area (Å²) in [5.74, 6) is 0.350. The third-order valence-corrected chi connectivity index (χ3v) is 4.56. The second-order valence-corrected chi connectivity index (χ2v) is 6.18. The standard InChI is InChI=1S/C20H25N5O.2ClH/c1-3-24(4-2)12-13-25-18-11-6-5-10-17(18)22-20(25)23-19(26)15-8-7-9-16(21)14-15;;/h5-11,14H,3-4,12-13,21H2,1-2H3,(H,22,23,26);2*1H. The number of hydrogen-bond donors (Lipinski definition) is 2. The van der Waals surface area contributed by atoms with E-state index in [0.717, 1.165) is 37.2 Å². The fourth-order valence-corrected chi connectivity index (χ4v) is 3.03. The molecule has 152 valence electrons. The van der Waals surface area contributed by atoms with Crippen molar-refractivity contribution in [3.8, 4) is 0 Å². The number of halogens is 2. The Morgan fingerprint density at radius 1 is 1.11 bits per heavy atom. The van der Waals surface area contributed by atoms with Gasteiger partial charge in [-0.2, -0.15) is 0 Å². The van der Waals surface area contributed by atoms with Crippen LogP contribution in [0.15, 0.2) is 48.5 Å². The molecule has 0 saturated heterocycles. The molecule has 1 amide bonds. The number of anilines is 2. The third kappa shape index (κ3) is 5.38. The molecule has 0 aliphatic heterocycles. The molecule has 0 aliphatic carbocycles. The fraction of sp³-hybridized carbons (Fsp3) is 0.300. The van der Waals surface area contributed by atoms with Crippen molar-refractivity contribution in [1.82, 2.24) is 14.5 Å². The number of fused-ring (bicyclic) bond motifs is 1. The number of imidazole rings is 1. The van der Waals surface area contributed by atoms with Gasteiger partial charge in [-0.25, -0.2) is 4.98 Å². The third-order valence-electron chi connectivity index (χ3n) is 4.56. The van der Waals surface area contributed by atoms with Crippen molar-refractivity contribution in [3.63, 3.8) is 0 Å². The lowest BCUT2D eigenvalue weighted by molar-refractivity contribution is 0.102. The van der Waals surface area contributed by atoms with Gasteiger partial charge in [0.25, 0.3) is 5.91 Å². The van der Waals surface area contributed by atoms with Crippen LogP contribution in [0.4, 0.5) is 11.6 Å². The summed E-state index contributed by atoms with van der Waals surface area (Å²) in [7, 11) is 0. The molecule has 3 aromatic rings. The van der Waals surface area contributed by atoms with Gasteiger partial charge in [0.2, 0.25) is 5.95 Å². The highest BCUT2D eigenvalue weighted by Crippen LogP contribution is 2.20. The highest BCUT2D eigenvalue weighted by molar-refractivity contribution is 6.04. The van der Waals surface area contributed by atoms with Gasteiger partial charge in [0.15, 0.2) is 0 Å². The highest BCUT2D eigenvalue weighted by Gasteiger charge is 2.15. The minimum Gasteiger partial charge on any atom is -0.399 e. The monoisotopic (exact) mass is 423 g/mol. The lowest BCUT2D eigenvalue weighted by Crippen LogP contribution is -2.27. The van der Waals surface area contributed by atoms with Crippen LogP contribution < -0.4 is 11.1 Å². The zero-order valence-corrected chi connectivity index (χ0v) is 17.7. The average Bonchev–Trinajstić information content (AvgIpc) is 3.00. The Bertz CT molecular complexity index is 909. The van der Waals surface area contributed by atoms with Crippen molar-refractivity contribution in [2.45, 2.75) is 20.4 Å². The molecule has 1 heterocycles. The predicted molar refractivity (Wildman–Crippen MR) is 121 cm³/mol. The van der Waals surface area contributed by atoms with Crippen LogP contribution in [0.1, 0.15) is 24.2 Å². The molecule has 0 aliphatic rings. The summed E-state index contributed by atoms with van der Waals surface area (Å²) in [6.45, 7) is 7.95. The van der Waals surface area contributed by atoms with Gasteiger partial charge in [0.05, 0.1) is 11.0 Å². The first-order chi connectivity index (χ1) is 12.6.